The van der Waals surface area contributed by atoms with Gasteiger partial charge in [0.1, 0.15) is 0 Å². The number of likely N-dealkylation sites (N-methyl/N-ethyl adjacent to an activating group) is 1. The Bertz CT molecular complexity index is 371. The lowest BCUT2D eigenvalue weighted by atomic mass is 10.1. The number of hydrogen-bond acceptors (Lipinski definition) is 3. The van der Waals surface area contributed by atoms with E-state index in [0.717, 1.165) is 38.9 Å². The highest BCUT2D eigenvalue weighted by Gasteiger charge is 2.35. The third-order valence-electron chi connectivity index (χ3n) is 4.20. The summed E-state index contributed by atoms with van der Waals surface area (Å²) in [5, 5.41) is 11.9. The van der Waals surface area contributed by atoms with Crippen molar-refractivity contribution in [2.24, 2.45) is 5.92 Å². The molecular weight excluding hydrogens is 258 g/mol. The molecule has 2 N–H and O–H groups in total. The lowest BCUT2D eigenvalue weighted by Gasteiger charge is -2.30. The highest BCUT2D eigenvalue weighted by atomic mass is 16.4. The van der Waals surface area contributed by atoms with Crippen molar-refractivity contribution in [2.45, 2.75) is 44.7 Å². The molecule has 2 unspecified atom stereocenters. The fourth-order valence-electron chi connectivity index (χ4n) is 2.94. The van der Waals surface area contributed by atoms with Crippen LogP contribution in [0.2, 0.25) is 0 Å². The first kappa shape index (κ1) is 15.1. The number of rotatable bonds is 4. The van der Waals surface area contributed by atoms with Gasteiger partial charge in [-0.25, -0.2) is 4.79 Å². The van der Waals surface area contributed by atoms with E-state index >= 15 is 0 Å². The Morgan fingerprint density at radius 3 is 2.65 bits per heavy atom. The molecule has 6 heteroatoms. The van der Waals surface area contributed by atoms with E-state index in [1.807, 2.05) is 11.8 Å². The van der Waals surface area contributed by atoms with Crippen LogP contribution in [0.25, 0.3) is 0 Å². The van der Waals surface area contributed by atoms with Crippen LogP contribution in [-0.2, 0) is 4.79 Å². The summed E-state index contributed by atoms with van der Waals surface area (Å²) in [5.41, 5.74) is 0. The molecular formula is C14H25N3O3. The van der Waals surface area contributed by atoms with Crippen molar-refractivity contribution in [1.29, 1.82) is 0 Å². The molecule has 1 aliphatic carbocycles. The molecule has 0 radical (unpaired) electrons. The predicted octanol–water partition coefficient (Wildman–Crippen LogP) is 0.975. The quantitative estimate of drug-likeness (QED) is 0.806. The molecule has 2 rings (SSSR count). The number of aliphatic carboxylic acids is 1. The Morgan fingerprint density at radius 1 is 1.35 bits per heavy atom. The number of carbonyl (C=O) groups excluding carboxylic acids is 1. The van der Waals surface area contributed by atoms with Crippen LogP contribution in [0.1, 0.15) is 32.6 Å². The summed E-state index contributed by atoms with van der Waals surface area (Å²) in [6, 6.07) is -0.161. The number of hydrogen-bond donors (Lipinski definition) is 2. The van der Waals surface area contributed by atoms with Gasteiger partial charge in [0.15, 0.2) is 0 Å². The minimum absolute atomic E-state index is 0.0263. The standard InChI is InChI=1S/C14H25N3O3/c1-10-9-16(2)6-3-7-17(10)14(20)15-12(8-13(18)19)11-4-5-11/h10-12H,3-9H2,1-2H3,(H,15,20)(H,18,19). The highest BCUT2D eigenvalue weighted by Crippen LogP contribution is 2.34. The molecule has 114 valence electrons. The molecule has 1 heterocycles. The van der Waals surface area contributed by atoms with Crippen molar-refractivity contribution in [3.63, 3.8) is 0 Å². The van der Waals surface area contributed by atoms with Crippen LogP contribution in [-0.4, -0.2) is 65.7 Å². The first-order valence-electron chi connectivity index (χ1n) is 7.45. The lowest BCUT2D eigenvalue weighted by Crippen LogP contribution is -2.50. The van der Waals surface area contributed by atoms with Crippen molar-refractivity contribution in [2.75, 3.05) is 26.7 Å². The maximum atomic E-state index is 12.4. The predicted molar refractivity (Wildman–Crippen MR) is 75.6 cm³/mol. The van der Waals surface area contributed by atoms with Crippen LogP contribution in [0.5, 0.6) is 0 Å². The molecule has 0 aromatic heterocycles. The molecule has 0 aromatic carbocycles. The van der Waals surface area contributed by atoms with E-state index in [9.17, 15) is 9.59 Å². The van der Waals surface area contributed by atoms with Crippen LogP contribution < -0.4 is 5.32 Å². The zero-order valence-corrected chi connectivity index (χ0v) is 12.3. The normalized spacial score (nSPS) is 25.9. The minimum atomic E-state index is -0.842. The molecule has 2 atom stereocenters. The maximum Gasteiger partial charge on any atom is 0.317 e. The smallest absolute Gasteiger partial charge is 0.317 e. The van der Waals surface area contributed by atoms with E-state index in [1.54, 1.807) is 0 Å². The number of nitrogens with zero attached hydrogens (tertiary/aromatic N) is 2. The Morgan fingerprint density at radius 2 is 2.05 bits per heavy atom. The van der Waals surface area contributed by atoms with Gasteiger partial charge in [-0.1, -0.05) is 0 Å². The minimum Gasteiger partial charge on any atom is -0.481 e. The van der Waals surface area contributed by atoms with Gasteiger partial charge in [-0.3, -0.25) is 4.79 Å². The summed E-state index contributed by atoms with van der Waals surface area (Å²) < 4.78 is 0. The second kappa shape index (κ2) is 6.43. The van der Waals surface area contributed by atoms with E-state index in [-0.39, 0.29) is 24.5 Å². The van der Waals surface area contributed by atoms with Crippen molar-refractivity contribution in [3.8, 4) is 0 Å². The Kier molecular flexibility index (Phi) is 4.86. The highest BCUT2D eigenvalue weighted by molar-refractivity contribution is 5.76. The molecule has 0 spiro atoms. The van der Waals surface area contributed by atoms with Gasteiger partial charge < -0.3 is 20.2 Å². The molecule has 2 aliphatic rings. The van der Waals surface area contributed by atoms with E-state index in [1.165, 1.54) is 0 Å². The van der Waals surface area contributed by atoms with Gasteiger partial charge in [0.25, 0.3) is 0 Å². The molecule has 0 bridgehead atoms. The molecule has 6 nitrogen and oxygen atoms in total. The van der Waals surface area contributed by atoms with Crippen molar-refractivity contribution in [1.82, 2.24) is 15.1 Å². The molecule has 20 heavy (non-hydrogen) atoms. The van der Waals surface area contributed by atoms with E-state index < -0.39 is 5.97 Å². The van der Waals surface area contributed by atoms with Crippen molar-refractivity contribution in [3.05, 3.63) is 0 Å². The van der Waals surface area contributed by atoms with E-state index in [4.69, 9.17) is 5.11 Å². The van der Waals surface area contributed by atoms with Crippen LogP contribution in [0.4, 0.5) is 4.79 Å². The fraction of sp³-hybridized carbons (Fsp3) is 0.857. The first-order chi connectivity index (χ1) is 9.47. The summed E-state index contributed by atoms with van der Waals surface area (Å²) in [4.78, 5) is 27.4. The molecule has 2 fully saturated rings. The fourth-order valence-corrected chi connectivity index (χ4v) is 2.94. The summed E-state index contributed by atoms with van der Waals surface area (Å²) in [5.74, 6) is -0.495. The third-order valence-corrected chi connectivity index (χ3v) is 4.20. The second-order valence-electron chi connectivity index (χ2n) is 6.15. The zero-order chi connectivity index (χ0) is 14.7. The first-order valence-corrected chi connectivity index (χ1v) is 7.45. The molecule has 2 amide bonds. The molecule has 1 aliphatic heterocycles. The van der Waals surface area contributed by atoms with E-state index in [0.29, 0.717) is 5.92 Å². The maximum absolute atomic E-state index is 12.4. The van der Waals surface area contributed by atoms with Crippen molar-refractivity contribution >= 4 is 12.0 Å². The van der Waals surface area contributed by atoms with Crippen molar-refractivity contribution < 1.29 is 14.7 Å². The van der Waals surface area contributed by atoms with Gasteiger partial charge in [-0.15, -0.1) is 0 Å². The second-order valence-corrected chi connectivity index (χ2v) is 6.15. The van der Waals surface area contributed by atoms with Gasteiger partial charge in [0, 0.05) is 25.2 Å². The average Bonchev–Trinajstić information content (AvgIpc) is 3.15. The topological polar surface area (TPSA) is 72.9 Å². The lowest BCUT2D eigenvalue weighted by molar-refractivity contribution is -0.137. The van der Waals surface area contributed by atoms with Crippen LogP contribution in [0.3, 0.4) is 0 Å². The Hall–Kier alpha value is -1.30. The summed E-state index contributed by atoms with van der Waals surface area (Å²) in [6.45, 7) is 4.64. The number of amides is 2. The number of carbonyl (C=O) groups is 2. The Balaban J connectivity index is 1.93. The zero-order valence-electron chi connectivity index (χ0n) is 12.3. The summed E-state index contributed by atoms with van der Waals surface area (Å²) in [7, 11) is 2.06. The molecule has 1 saturated carbocycles. The number of urea groups is 1. The molecule has 0 aromatic rings. The van der Waals surface area contributed by atoms with Gasteiger partial charge in [-0.2, -0.15) is 0 Å². The molecule has 1 saturated heterocycles. The van der Waals surface area contributed by atoms with Crippen LogP contribution in [0.15, 0.2) is 0 Å². The van der Waals surface area contributed by atoms with E-state index in [2.05, 4.69) is 17.3 Å². The Labute approximate surface area is 120 Å². The van der Waals surface area contributed by atoms with Gasteiger partial charge >= 0.3 is 12.0 Å². The average molecular weight is 283 g/mol. The number of nitrogens with one attached hydrogen (secondary N) is 1. The van der Waals surface area contributed by atoms with Crippen LogP contribution in [0, 0.1) is 5.92 Å². The monoisotopic (exact) mass is 283 g/mol. The number of carboxylic acid groups (broad SMARTS) is 1. The van der Waals surface area contributed by atoms with Gasteiger partial charge in [0.05, 0.1) is 6.42 Å². The third kappa shape index (κ3) is 4.10. The number of carboxylic acids is 1. The van der Waals surface area contributed by atoms with Gasteiger partial charge in [0.2, 0.25) is 0 Å². The summed E-state index contributed by atoms with van der Waals surface area (Å²) >= 11 is 0. The largest absolute Gasteiger partial charge is 0.481 e. The SMILES string of the molecule is CC1CN(C)CCCN1C(=O)NC(CC(=O)O)C1CC1. The van der Waals surface area contributed by atoms with Crippen LogP contribution >= 0.6 is 0 Å². The van der Waals surface area contributed by atoms with Gasteiger partial charge in [-0.05, 0) is 45.7 Å². The summed E-state index contributed by atoms with van der Waals surface area (Å²) in [6.07, 6.45) is 3.03.